The van der Waals surface area contributed by atoms with Gasteiger partial charge in [-0.1, -0.05) is 18.2 Å². The van der Waals surface area contributed by atoms with Crippen molar-refractivity contribution in [2.24, 2.45) is 0 Å². The normalized spacial score (nSPS) is 10.8. The molecule has 0 atom stereocenters. The van der Waals surface area contributed by atoms with E-state index in [4.69, 9.17) is 4.42 Å². The lowest BCUT2D eigenvalue weighted by Crippen LogP contribution is -2.26. The Morgan fingerprint density at radius 1 is 1.12 bits per heavy atom. The molecule has 0 saturated heterocycles. The van der Waals surface area contributed by atoms with E-state index < -0.39 is 0 Å². The van der Waals surface area contributed by atoms with Crippen LogP contribution in [0, 0.1) is 20.8 Å². The van der Waals surface area contributed by atoms with Crippen LogP contribution in [-0.4, -0.2) is 22.4 Å². The summed E-state index contributed by atoms with van der Waals surface area (Å²) in [7, 11) is 1.80. The Hall–Kier alpha value is -2.75. The Morgan fingerprint density at radius 2 is 1.88 bits per heavy atom. The molecule has 0 N–H and O–H groups in total. The molecule has 124 valence electrons. The second-order valence-corrected chi connectivity index (χ2v) is 6.15. The minimum Gasteiger partial charge on any atom is -0.467 e. The van der Waals surface area contributed by atoms with Crippen LogP contribution in [-0.2, 0) is 6.54 Å². The highest BCUT2D eigenvalue weighted by molar-refractivity contribution is 5.95. The van der Waals surface area contributed by atoms with Crippen LogP contribution in [0.25, 0.3) is 5.69 Å². The molecule has 0 radical (unpaired) electrons. The number of benzene rings is 1. The third kappa shape index (κ3) is 2.87. The van der Waals surface area contributed by atoms with E-state index in [1.54, 1.807) is 18.2 Å². The molecule has 0 spiro atoms. The highest BCUT2D eigenvalue weighted by Crippen LogP contribution is 2.24. The lowest BCUT2D eigenvalue weighted by molar-refractivity contribution is 0.0775. The number of amides is 1. The van der Waals surface area contributed by atoms with Crippen molar-refractivity contribution in [1.82, 2.24) is 9.47 Å². The number of para-hydroxylation sites is 1. The Balaban J connectivity index is 1.94. The summed E-state index contributed by atoms with van der Waals surface area (Å²) in [5.41, 5.74) is 5.03. The maximum Gasteiger partial charge on any atom is 0.255 e. The van der Waals surface area contributed by atoms with Crippen molar-refractivity contribution in [2.75, 3.05) is 7.05 Å². The van der Waals surface area contributed by atoms with Crippen LogP contribution in [0.15, 0.2) is 53.1 Å². The number of carbonyl (C=O) groups excluding carboxylic acids is 1. The summed E-state index contributed by atoms with van der Waals surface area (Å²) in [6, 6.07) is 13.9. The van der Waals surface area contributed by atoms with Gasteiger partial charge in [0, 0.05) is 24.1 Å². The monoisotopic (exact) mass is 322 g/mol. The Bertz CT molecular complexity index is 860. The van der Waals surface area contributed by atoms with E-state index in [1.165, 1.54) is 5.56 Å². The molecule has 0 bridgehead atoms. The van der Waals surface area contributed by atoms with Gasteiger partial charge < -0.3 is 13.9 Å². The molecule has 4 heteroatoms. The third-order valence-corrected chi connectivity index (χ3v) is 4.34. The molecule has 3 rings (SSSR count). The predicted octanol–water partition coefficient (Wildman–Crippen LogP) is 4.27. The fourth-order valence-corrected chi connectivity index (χ4v) is 3.08. The van der Waals surface area contributed by atoms with Crippen LogP contribution in [0.4, 0.5) is 0 Å². The molecule has 4 nitrogen and oxygen atoms in total. The standard InChI is InChI=1S/C20H22N2O2/c1-14-8-5-6-10-19(14)22-15(2)12-18(16(22)3)20(23)21(4)13-17-9-7-11-24-17/h5-12H,13H2,1-4H3. The summed E-state index contributed by atoms with van der Waals surface area (Å²) in [5.74, 6) is 0.776. The zero-order valence-corrected chi connectivity index (χ0v) is 14.5. The fourth-order valence-electron chi connectivity index (χ4n) is 3.08. The SMILES string of the molecule is Cc1ccccc1-n1c(C)cc(C(=O)N(C)Cc2ccco2)c1C. The molecule has 24 heavy (non-hydrogen) atoms. The molecule has 0 aliphatic carbocycles. The highest BCUT2D eigenvalue weighted by atomic mass is 16.3. The number of carbonyl (C=O) groups is 1. The van der Waals surface area contributed by atoms with Crippen LogP contribution in [0.3, 0.4) is 0 Å². The van der Waals surface area contributed by atoms with Gasteiger partial charge in [-0.15, -0.1) is 0 Å². The summed E-state index contributed by atoms with van der Waals surface area (Å²) in [4.78, 5) is 14.5. The number of furan rings is 1. The number of aryl methyl sites for hydroxylation is 2. The largest absolute Gasteiger partial charge is 0.467 e. The van der Waals surface area contributed by atoms with Gasteiger partial charge in [0.05, 0.1) is 18.4 Å². The molecule has 0 aliphatic heterocycles. The second-order valence-electron chi connectivity index (χ2n) is 6.15. The second kappa shape index (κ2) is 6.40. The average molecular weight is 322 g/mol. The fraction of sp³-hybridized carbons (Fsp3) is 0.250. The molecule has 0 fully saturated rings. The average Bonchev–Trinajstić information content (AvgIpc) is 3.16. The highest BCUT2D eigenvalue weighted by Gasteiger charge is 2.20. The lowest BCUT2D eigenvalue weighted by atomic mass is 10.2. The van der Waals surface area contributed by atoms with Gasteiger partial charge in [0.25, 0.3) is 5.91 Å². The van der Waals surface area contributed by atoms with Gasteiger partial charge in [-0.3, -0.25) is 4.79 Å². The minimum absolute atomic E-state index is 0.000616. The summed E-state index contributed by atoms with van der Waals surface area (Å²) in [6.45, 7) is 6.56. The van der Waals surface area contributed by atoms with E-state index in [0.717, 1.165) is 28.4 Å². The van der Waals surface area contributed by atoms with Crippen molar-refractivity contribution < 1.29 is 9.21 Å². The van der Waals surface area contributed by atoms with E-state index >= 15 is 0 Å². The van der Waals surface area contributed by atoms with E-state index in [9.17, 15) is 4.79 Å². The first-order valence-electron chi connectivity index (χ1n) is 8.02. The molecular weight excluding hydrogens is 300 g/mol. The molecule has 2 heterocycles. The maximum absolute atomic E-state index is 12.8. The molecule has 3 aromatic rings. The molecule has 1 aromatic carbocycles. The molecule has 2 aromatic heterocycles. The van der Waals surface area contributed by atoms with Crippen LogP contribution >= 0.6 is 0 Å². The van der Waals surface area contributed by atoms with E-state index in [2.05, 4.69) is 23.6 Å². The Morgan fingerprint density at radius 3 is 2.54 bits per heavy atom. The maximum atomic E-state index is 12.8. The summed E-state index contributed by atoms with van der Waals surface area (Å²) < 4.78 is 7.48. The first kappa shape index (κ1) is 16.1. The predicted molar refractivity (Wildman–Crippen MR) is 94.5 cm³/mol. The summed E-state index contributed by atoms with van der Waals surface area (Å²) in [6.07, 6.45) is 1.62. The Labute approximate surface area is 142 Å². The van der Waals surface area contributed by atoms with Crippen molar-refractivity contribution in [3.63, 3.8) is 0 Å². The molecule has 0 aliphatic rings. The van der Waals surface area contributed by atoms with Gasteiger partial charge in [0.2, 0.25) is 0 Å². The summed E-state index contributed by atoms with van der Waals surface area (Å²) in [5, 5.41) is 0. The number of aromatic nitrogens is 1. The smallest absolute Gasteiger partial charge is 0.255 e. The molecule has 0 saturated carbocycles. The zero-order chi connectivity index (χ0) is 17.3. The number of hydrogen-bond acceptors (Lipinski definition) is 2. The lowest BCUT2D eigenvalue weighted by Gasteiger charge is -2.16. The number of nitrogens with zero attached hydrogens (tertiary/aromatic N) is 2. The van der Waals surface area contributed by atoms with Crippen molar-refractivity contribution >= 4 is 5.91 Å². The molecule has 0 unspecified atom stereocenters. The van der Waals surface area contributed by atoms with Gasteiger partial charge in [-0.05, 0) is 50.6 Å². The van der Waals surface area contributed by atoms with Gasteiger partial charge in [0.15, 0.2) is 0 Å². The molecular formula is C20H22N2O2. The third-order valence-electron chi connectivity index (χ3n) is 4.34. The van der Waals surface area contributed by atoms with Gasteiger partial charge in [0.1, 0.15) is 5.76 Å². The number of rotatable bonds is 4. The van der Waals surface area contributed by atoms with Gasteiger partial charge in [-0.25, -0.2) is 0 Å². The van der Waals surface area contributed by atoms with Crippen LogP contribution in [0.1, 0.15) is 33.1 Å². The van der Waals surface area contributed by atoms with Gasteiger partial charge in [-0.2, -0.15) is 0 Å². The van der Waals surface area contributed by atoms with Crippen molar-refractivity contribution in [3.05, 3.63) is 77.0 Å². The minimum atomic E-state index is -0.000616. The van der Waals surface area contributed by atoms with E-state index in [1.807, 2.05) is 44.2 Å². The van der Waals surface area contributed by atoms with Crippen molar-refractivity contribution in [3.8, 4) is 5.69 Å². The topological polar surface area (TPSA) is 38.4 Å². The zero-order valence-electron chi connectivity index (χ0n) is 14.5. The van der Waals surface area contributed by atoms with Crippen LogP contribution in [0.2, 0.25) is 0 Å². The first-order valence-corrected chi connectivity index (χ1v) is 8.02. The quantitative estimate of drug-likeness (QED) is 0.719. The Kier molecular flexibility index (Phi) is 4.30. The number of hydrogen-bond donors (Lipinski definition) is 0. The van der Waals surface area contributed by atoms with Gasteiger partial charge >= 0.3 is 0 Å². The summed E-state index contributed by atoms with van der Waals surface area (Å²) >= 11 is 0. The molecule has 1 amide bonds. The first-order chi connectivity index (χ1) is 11.5. The van der Waals surface area contributed by atoms with Crippen LogP contribution in [0.5, 0.6) is 0 Å². The van der Waals surface area contributed by atoms with Crippen LogP contribution < -0.4 is 0 Å². The van der Waals surface area contributed by atoms with Crippen molar-refractivity contribution in [2.45, 2.75) is 27.3 Å². The van der Waals surface area contributed by atoms with E-state index in [-0.39, 0.29) is 5.91 Å². The van der Waals surface area contributed by atoms with Crippen molar-refractivity contribution in [1.29, 1.82) is 0 Å². The van der Waals surface area contributed by atoms with E-state index in [0.29, 0.717) is 6.54 Å².